The van der Waals surface area contributed by atoms with Crippen LogP contribution in [0.5, 0.6) is 0 Å². The summed E-state index contributed by atoms with van der Waals surface area (Å²) >= 11 is 0. The van der Waals surface area contributed by atoms with Crippen molar-refractivity contribution in [2.45, 2.75) is 26.2 Å². The second-order valence-corrected chi connectivity index (χ2v) is 5.98. The van der Waals surface area contributed by atoms with Crippen LogP contribution in [-0.4, -0.2) is 35.3 Å². The molecule has 1 aliphatic rings. The number of benzene rings is 1. The second kappa shape index (κ2) is 5.80. The highest BCUT2D eigenvalue weighted by molar-refractivity contribution is 6.08. The van der Waals surface area contributed by atoms with Crippen LogP contribution in [0.4, 0.5) is 0 Å². The first-order valence-corrected chi connectivity index (χ1v) is 7.55. The lowest BCUT2D eigenvalue weighted by molar-refractivity contribution is 0.0934. The Morgan fingerprint density at radius 2 is 2.15 bits per heavy atom. The average molecular weight is 270 g/mol. The number of aromatic amines is 1. The normalized spacial score (nSPS) is 20.9. The van der Waals surface area contributed by atoms with Crippen molar-refractivity contribution in [2.75, 3.05) is 19.6 Å². The molecule has 2 aromatic rings. The Balaban J connectivity index is 1.73. The number of carbonyl (C=O) groups is 1. The Morgan fingerprint density at radius 1 is 1.30 bits per heavy atom. The lowest BCUT2D eigenvalue weighted by atomic mass is 10.0. The molecule has 1 aliphatic heterocycles. The number of rotatable bonds is 3. The number of carbonyl (C=O) groups excluding carboxylic acids is 1. The number of nitrogens with one attached hydrogen (secondary N) is 1. The summed E-state index contributed by atoms with van der Waals surface area (Å²) in [7, 11) is 0. The topological polar surface area (TPSA) is 36.1 Å². The van der Waals surface area contributed by atoms with E-state index >= 15 is 0 Å². The molecule has 0 aliphatic carbocycles. The Morgan fingerprint density at radius 3 is 3.05 bits per heavy atom. The Labute approximate surface area is 120 Å². The van der Waals surface area contributed by atoms with E-state index in [0.717, 1.165) is 35.5 Å². The van der Waals surface area contributed by atoms with E-state index in [4.69, 9.17) is 0 Å². The zero-order chi connectivity index (χ0) is 13.9. The minimum Gasteiger partial charge on any atom is -0.360 e. The fourth-order valence-electron chi connectivity index (χ4n) is 3.07. The summed E-state index contributed by atoms with van der Waals surface area (Å²) in [5.41, 5.74) is 1.87. The minimum atomic E-state index is 0.233. The van der Waals surface area contributed by atoms with Gasteiger partial charge in [0.05, 0.1) is 6.54 Å². The van der Waals surface area contributed by atoms with Crippen LogP contribution >= 0.6 is 0 Å². The smallest absolute Gasteiger partial charge is 0.178 e. The second-order valence-electron chi connectivity index (χ2n) is 5.98. The Kier molecular flexibility index (Phi) is 3.88. The van der Waals surface area contributed by atoms with Crippen molar-refractivity contribution in [3.05, 3.63) is 36.0 Å². The van der Waals surface area contributed by atoms with Gasteiger partial charge in [-0.3, -0.25) is 9.69 Å². The number of fused-ring (bicyclic) bond motifs is 1. The number of nitrogens with zero attached hydrogens (tertiary/aromatic N) is 1. The molecule has 1 aromatic heterocycles. The molecule has 3 heteroatoms. The third kappa shape index (κ3) is 2.78. The van der Waals surface area contributed by atoms with E-state index in [1.807, 2.05) is 30.5 Å². The summed E-state index contributed by atoms with van der Waals surface area (Å²) < 4.78 is 0. The van der Waals surface area contributed by atoms with Gasteiger partial charge in [-0.2, -0.15) is 0 Å². The highest BCUT2D eigenvalue weighted by Gasteiger charge is 2.18. The number of hydrogen-bond acceptors (Lipinski definition) is 2. The molecule has 2 heterocycles. The van der Waals surface area contributed by atoms with Crippen LogP contribution < -0.4 is 0 Å². The van der Waals surface area contributed by atoms with Gasteiger partial charge in [0, 0.05) is 22.7 Å². The molecule has 1 N–H and O–H groups in total. The molecule has 0 amide bonds. The van der Waals surface area contributed by atoms with Crippen LogP contribution in [-0.2, 0) is 0 Å². The quantitative estimate of drug-likeness (QED) is 0.867. The van der Waals surface area contributed by atoms with Gasteiger partial charge in [0.15, 0.2) is 5.78 Å². The van der Waals surface area contributed by atoms with Gasteiger partial charge in [0.2, 0.25) is 0 Å². The third-order valence-corrected chi connectivity index (χ3v) is 4.37. The van der Waals surface area contributed by atoms with Gasteiger partial charge in [0.1, 0.15) is 0 Å². The molecular formula is C17H22N2O. The highest BCUT2D eigenvalue weighted by Crippen LogP contribution is 2.20. The fourth-order valence-corrected chi connectivity index (χ4v) is 3.07. The molecule has 3 rings (SSSR count). The van der Waals surface area contributed by atoms with Gasteiger partial charge in [-0.15, -0.1) is 0 Å². The molecule has 1 fully saturated rings. The van der Waals surface area contributed by atoms with Gasteiger partial charge in [-0.1, -0.05) is 25.1 Å². The maximum absolute atomic E-state index is 12.5. The van der Waals surface area contributed by atoms with Crippen LogP contribution in [0.1, 0.15) is 36.5 Å². The molecule has 0 bridgehead atoms. The number of likely N-dealkylation sites (tertiary alicyclic amines) is 1. The molecule has 106 valence electrons. The molecule has 0 saturated carbocycles. The van der Waals surface area contributed by atoms with Crippen molar-refractivity contribution in [3.8, 4) is 0 Å². The number of hydrogen-bond donors (Lipinski definition) is 1. The lowest BCUT2D eigenvalue weighted by Crippen LogP contribution is -2.30. The van der Waals surface area contributed by atoms with Crippen LogP contribution in [0.15, 0.2) is 30.5 Å². The van der Waals surface area contributed by atoms with Crippen molar-refractivity contribution in [2.24, 2.45) is 5.92 Å². The van der Waals surface area contributed by atoms with Gasteiger partial charge in [0.25, 0.3) is 0 Å². The number of Topliss-reactive ketones (excluding diaryl/α,β-unsaturated/α-hetero) is 1. The van der Waals surface area contributed by atoms with Crippen LogP contribution in [0.2, 0.25) is 0 Å². The molecule has 20 heavy (non-hydrogen) atoms. The van der Waals surface area contributed by atoms with Crippen molar-refractivity contribution in [1.29, 1.82) is 0 Å². The average Bonchev–Trinajstić information content (AvgIpc) is 2.78. The van der Waals surface area contributed by atoms with Gasteiger partial charge < -0.3 is 4.98 Å². The summed E-state index contributed by atoms with van der Waals surface area (Å²) in [6.07, 6.45) is 5.56. The van der Waals surface area contributed by atoms with Crippen molar-refractivity contribution >= 4 is 16.7 Å². The van der Waals surface area contributed by atoms with E-state index < -0.39 is 0 Å². The standard InChI is InChI=1S/C17H22N2O/c1-13-5-4-9-19(10-8-13)12-17(20)15-11-18-16-7-3-2-6-14(15)16/h2-3,6-7,11,13,18H,4-5,8-10,12H2,1H3. The SMILES string of the molecule is CC1CCCN(CC(=O)c2c[nH]c3ccccc23)CC1. The van der Waals surface area contributed by atoms with E-state index in [0.29, 0.717) is 6.54 Å². The summed E-state index contributed by atoms with van der Waals surface area (Å²) in [5.74, 6) is 1.03. The summed E-state index contributed by atoms with van der Waals surface area (Å²) in [5, 5.41) is 1.04. The number of aromatic nitrogens is 1. The van der Waals surface area contributed by atoms with E-state index in [1.54, 1.807) is 0 Å². The van der Waals surface area contributed by atoms with E-state index in [-0.39, 0.29) is 5.78 Å². The molecular weight excluding hydrogens is 248 g/mol. The fraction of sp³-hybridized carbons (Fsp3) is 0.471. The Hall–Kier alpha value is -1.61. The van der Waals surface area contributed by atoms with Crippen molar-refractivity contribution < 1.29 is 4.79 Å². The van der Waals surface area contributed by atoms with Gasteiger partial charge >= 0.3 is 0 Å². The predicted octanol–water partition coefficient (Wildman–Crippen LogP) is 3.47. The van der Waals surface area contributed by atoms with Crippen molar-refractivity contribution in [3.63, 3.8) is 0 Å². The summed E-state index contributed by atoms with van der Waals surface area (Å²) in [6, 6.07) is 8.01. The first-order chi connectivity index (χ1) is 9.74. The molecule has 0 spiro atoms. The molecule has 1 aromatic carbocycles. The van der Waals surface area contributed by atoms with Gasteiger partial charge in [-0.05, 0) is 44.3 Å². The number of ketones is 1. The molecule has 1 saturated heterocycles. The highest BCUT2D eigenvalue weighted by atomic mass is 16.1. The van der Waals surface area contributed by atoms with Crippen LogP contribution in [0, 0.1) is 5.92 Å². The van der Waals surface area contributed by atoms with E-state index in [9.17, 15) is 4.79 Å². The first-order valence-electron chi connectivity index (χ1n) is 7.55. The molecule has 3 nitrogen and oxygen atoms in total. The minimum absolute atomic E-state index is 0.233. The third-order valence-electron chi connectivity index (χ3n) is 4.37. The molecule has 1 unspecified atom stereocenters. The summed E-state index contributed by atoms with van der Waals surface area (Å²) in [4.78, 5) is 18.0. The molecule has 0 radical (unpaired) electrons. The first kappa shape index (κ1) is 13.4. The monoisotopic (exact) mass is 270 g/mol. The number of para-hydroxylation sites is 1. The predicted molar refractivity (Wildman–Crippen MR) is 82.1 cm³/mol. The van der Waals surface area contributed by atoms with E-state index in [1.165, 1.54) is 19.3 Å². The zero-order valence-electron chi connectivity index (χ0n) is 12.1. The van der Waals surface area contributed by atoms with Crippen molar-refractivity contribution in [1.82, 2.24) is 9.88 Å². The Bertz CT molecular complexity index is 602. The maximum Gasteiger partial charge on any atom is 0.178 e. The zero-order valence-corrected chi connectivity index (χ0v) is 12.1. The maximum atomic E-state index is 12.5. The van der Waals surface area contributed by atoms with Crippen LogP contribution in [0.3, 0.4) is 0 Å². The number of H-pyrrole nitrogens is 1. The van der Waals surface area contributed by atoms with E-state index in [2.05, 4.69) is 16.8 Å². The van der Waals surface area contributed by atoms with Crippen LogP contribution in [0.25, 0.3) is 10.9 Å². The largest absolute Gasteiger partial charge is 0.360 e. The summed E-state index contributed by atoms with van der Waals surface area (Å²) in [6.45, 7) is 4.97. The van der Waals surface area contributed by atoms with Gasteiger partial charge in [-0.25, -0.2) is 0 Å². The lowest BCUT2D eigenvalue weighted by Gasteiger charge is -2.18. The molecule has 1 atom stereocenters.